The summed E-state index contributed by atoms with van der Waals surface area (Å²) in [5.41, 5.74) is 2.21. The first-order valence-electron chi connectivity index (χ1n) is 9.50. The molecule has 0 N–H and O–H groups in total. The van der Waals surface area contributed by atoms with Crippen LogP contribution in [-0.2, 0) is 0 Å². The molecule has 0 atom stereocenters. The van der Waals surface area contributed by atoms with E-state index < -0.39 is 0 Å². The Morgan fingerprint density at radius 3 is 2.40 bits per heavy atom. The van der Waals surface area contributed by atoms with Gasteiger partial charge in [0.15, 0.2) is 22.3 Å². The van der Waals surface area contributed by atoms with Crippen molar-refractivity contribution in [3.8, 4) is 17.2 Å². The summed E-state index contributed by atoms with van der Waals surface area (Å²) >= 11 is 1.12. The van der Waals surface area contributed by atoms with Gasteiger partial charge in [-0.15, -0.1) is 0 Å². The number of hydrogen-bond acceptors (Lipinski definition) is 6. The Labute approximate surface area is 179 Å². The normalized spacial score (nSPS) is 10.8. The van der Waals surface area contributed by atoms with E-state index in [1.807, 2.05) is 24.3 Å². The molecule has 0 saturated heterocycles. The van der Waals surface area contributed by atoms with Crippen LogP contribution in [0.4, 0.5) is 0 Å². The topological polar surface area (TPSA) is 70.4 Å². The van der Waals surface area contributed by atoms with Gasteiger partial charge in [0.1, 0.15) is 0 Å². The number of nitrogens with zero attached hydrogens (tertiary/aromatic N) is 2. The number of thioether (sulfide) groups is 1. The Morgan fingerprint density at radius 2 is 1.77 bits per heavy atom. The smallest absolute Gasteiger partial charge is 0.287 e. The average molecular weight is 425 g/mol. The minimum atomic E-state index is -0.250. The van der Waals surface area contributed by atoms with Crippen molar-refractivity contribution >= 4 is 17.5 Å². The monoisotopic (exact) mass is 424 g/mol. The van der Waals surface area contributed by atoms with Gasteiger partial charge in [-0.3, -0.25) is 14.2 Å². The van der Waals surface area contributed by atoms with Crippen LogP contribution in [-0.4, -0.2) is 35.3 Å². The van der Waals surface area contributed by atoms with E-state index in [1.165, 1.54) is 19.8 Å². The third-order valence-electron chi connectivity index (χ3n) is 4.69. The van der Waals surface area contributed by atoms with Gasteiger partial charge in [-0.25, -0.2) is 4.98 Å². The molecule has 0 unspecified atom stereocenters. The van der Waals surface area contributed by atoms with Gasteiger partial charge in [-0.1, -0.05) is 37.7 Å². The van der Waals surface area contributed by atoms with Crippen molar-refractivity contribution in [3.05, 3.63) is 76.3 Å². The summed E-state index contributed by atoms with van der Waals surface area (Å²) in [7, 11) is 3.06. The zero-order valence-electron chi connectivity index (χ0n) is 17.4. The van der Waals surface area contributed by atoms with Crippen LogP contribution in [0.5, 0.6) is 11.5 Å². The molecule has 0 spiro atoms. The highest BCUT2D eigenvalue weighted by Gasteiger charge is 2.14. The van der Waals surface area contributed by atoms with E-state index in [-0.39, 0.29) is 22.1 Å². The summed E-state index contributed by atoms with van der Waals surface area (Å²) < 4.78 is 12.0. The molecule has 1 heterocycles. The maximum atomic E-state index is 12.9. The van der Waals surface area contributed by atoms with Crippen molar-refractivity contribution < 1.29 is 14.3 Å². The van der Waals surface area contributed by atoms with Crippen LogP contribution >= 0.6 is 11.8 Å². The molecule has 0 bridgehead atoms. The summed E-state index contributed by atoms with van der Waals surface area (Å²) in [6.45, 7) is 4.25. The molecular weight excluding hydrogens is 400 g/mol. The van der Waals surface area contributed by atoms with Gasteiger partial charge in [0.05, 0.1) is 20.0 Å². The van der Waals surface area contributed by atoms with E-state index in [9.17, 15) is 9.59 Å². The van der Waals surface area contributed by atoms with Crippen molar-refractivity contribution in [2.24, 2.45) is 0 Å². The van der Waals surface area contributed by atoms with Gasteiger partial charge in [0, 0.05) is 23.6 Å². The minimum Gasteiger partial charge on any atom is -0.493 e. The van der Waals surface area contributed by atoms with E-state index in [4.69, 9.17) is 9.47 Å². The third-order valence-corrected chi connectivity index (χ3v) is 5.65. The Bertz CT molecular complexity index is 1090. The molecule has 0 aliphatic rings. The molecule has 0 amide bonds. The molecule has 6 nitrogen and oxygen atoms in total. The average Bonchev–Trinajstić information content (AvgIpc) is 2.77. The van der Waals surface area contributed by atoms with Crippen molar-refractivity contribution in [2.75, 3.05) is 20.0 Å². The fourth-order valence-electron chi connectivity index (χ4n) is 2.94. The number of carbonyl (C=O) groups is 1. The first-order valence-corrected chi connectivity index (χ1v) is 10.5. The summed E-state index contributed by atoms with van der Waals surface area (Å²) in [6, 6.07) is 12.9. The van der Waals surface area contributed by atoms with Crippen LogP contribution < -0.4 is 15.0 Å². The molecular formula is C23H24N2O4S. The standard InChI is InChI=1S/C23H24N2O4S/c1-15(2)16-5-8-18(9-6-16)25-12-11-24-22(23(25)27)30-14-19(26)17-7-10-20(28-3)21(13-17)29-4/h5-13,15H,14H2,1-4H3. The van der Waals surface area contributed by atoms with Crippen LogP contribution in [0.1, 0.15) is 35.7 Å². The summed E-state index contributed by atoms with van der Waals surface area (Å²) in [6.07, 6.45) is 3.20. The Morgan fingerprint density at radius 1 is 1.07 bits per heavy atom. The fourth-order valence-corrected chi connectivity index (χ4v) is 3.73. The number of carbonyl (C=O) groups excluding carboxylic acids is 1. The van der Waals surface area contributed by atoms with Crippen LogP contribution in [0, 0.1) is 0 Å². The van der Waals surface area contributed by atoms with Gasteiger partial charge in [-0.05, 0) is 41.8 Å². The summed E-state index contributed by atoms with van der Waals surface area (Å²) in [5.74, 6) is 1.42. The fraction of sp³-hybridized carbons (Fsp3) is 0.261. The number of aromatic nitrogens is 2. The number of ether oxygens (including phenoxy) is 2. The lowest BCUT2D eigenvalue weighted by atomic mass is 10.0. The van der Waals surface area contributed by atoms with E-state index in [0.29, 0.717) is 23.0 Å². The Hall–Kier alpha value is -3.06. The number of rotatable bonds is 8. The SMILES string of the molecule is COc1ccc(C(=O)CSc2nccn(-c3ccc(C(C)C)cc3)c2=O)cc1OC. The first kappa shape index (κ1) is 21.6. The molecule has 0 aliphatic heterocycles. The van der Waals surface area contributed by atoms with Crippen molar-refractivity contribution in [1.82, 2.24) is 9.55 Å². The van der Waals surface area contributed by atoms with Gasteiger partial charge in [0.25, 0.3) is 5.56 Å². The number of methoxy groups -OCH3 is 2. The maximum absolute atomic E-state index is 12.9. The third kappa shape index (κ3) is 4.74. The highest BCUT2D eigenvalue weighted by atomic mass is 32.2. The molecule has 0 fully saturated rings. The van der Waals surface area contributed by atoms with E-state index in [1.54, 1.807) is 35.2 Å². The van der Waals surface area contributed by atoms with Gasteiger partial charge < -0.3 is 9.47 Å². The molecule has 0 saturated carbocycles. The quantitative estimate of drug-likeness (QED) is 0.396. The Balaban J connectivity index is 1.77. The van der Waals surface area contributed by atoms with Crippen LogP contribution in [0.3, 0.4) is 0 Å². The highest BCUT2D eigenvalue weighted by molar-refractivity contribution is 7.99. The van der Waals surface area contributed by atoms with Crippen LogP contribution in [0.2, 0.25) is 0 Å². The largest absolute Gasteiger partial charge is 0.493 e. The Kier molecular flexibility index (Phi) is 6.95. The van der Waals surface area contributed by atoms with Gasteiger partial charge >= 0.3 is 0 Å². The zero-order valence-corrected chi connectivity index (χ0v) is 18.2. The lowest BCUT2D eigenvalue weighted by molar-refractivity contribution is 0.102. The van der Waals surface area contributed by atoms with E-state index >= 15 is 0 Å². The summed E-state index contributed by atoms with van der Waals surface area (Å²) in [5, 5.41) is 0.277. The minimum absolute atomic E-state index is 0.0913. The van der Waals surface area contributed by atoms with Crippen molar-refractivity contribution in [3.63, 3.8) is 0 Å². The number of ketones is 1. The predicted octanol–water partition coefficient (Wildman–Crippen LogP) is 4.35. The molecule has 30 heavy (non-hydrogen) atoms. The van der Waals surface area contributed by atoms with Crippen molar-refractivity contribution in [1.29, 1.82) is 0 Å². The molecule has 3 aromatic rings. The maximum Gasteiger partial charge on any atom is 0.287 e. The van der Waals surface area contributed by atoms with Crippen LogP contribution in [0.15, 0.2) is 64.7 Å². The lowest BCUT2D eigenvalue weighted by Gasteiger charge is -2.10. The van der Waals surface area contributed by atoms with Gasteiger partial charge in [0.2, 0.25) is 0 Å². The molecule has 0 radical (unpaired) electrons. The zero-order chi connectivity index (χ0) is 21.7. The highest BCUT2D eigenvalue weighted by Crippen LogP contribution is 2.28. The second kappa shape index (κ2) is 9.63. The molecule has 2 aromatic carbocycles. The molecule has 7 heteroatoms. The predicted molar refractivity (Wildman–Crippen MR) is 119 cm³/mol. The second-order valence-corrected chi connectivity index (χ2v) is 7.90. The van der Waals surface area contributed by atoms with Gasteiger partial charge in [-0.2, -0.15) is 0 Å². The van der Waals surface area contributed by atoms with Crippen molar-refractivity contribution in [2.45, 2.75) is 24.8 Å². The number of benzene rings is 2. The first-order chi connectivity index (χ1) is 14.4. The second-order valence-electron chi connectivity index (χ2n) is 6.94. The van der Waals surface area contributed by atoms with E-state index in [2.05, 4.69) is 18.8 Å². The van der Waals surface area contributed by atoms with E-state index in [0.717, 1.165) is 17.4 Å². The molecule has 156 valence electrons. The summed E-state index contributed by atoms with van der Waals surface area (Å²) in [4.78, 5) is 29.6. The van der Waals surface area contributed by atoms with Crippen LogP contribution in [0.25, 0.3) is 5.69 Å². The molecule has 0 aliphatic carbocycles. The molecule has 3 rings (SSSR count). The lowest BCUT2D eigenvalue weighted by Crippen LogP contribution is -2.21. The molecule has 1 aromatic heterocycles. The number of hydrogen-bond donors (Lipinski definition) is 0. The number of Topliss-reactive ketones (excluding diaryl/α,β-unsaturated/α-hetero) is 1.